The highest BCUT2D eigenvalue weighted by Crippen LogP contribution is 2.30. The van der Waals surface area contributed by atoms with Crippen LogP contribution in [0.3, 0.4) is 0 Å². The van der Waals surface area contributed by atoms with E-state index < -0.39 is 0 Å². The van der Waals surface area contributed by atoms with Crippen LogP contribution in [0.4, 0.5) is 0 Å². The van der Waals surface area contributed by atoms with Gasteiger partial charge >= 0.3 is 0 Å². The lowest BCUT2D eigenvalue weighted by Crippen LogP contribution is -2.30. The predicted molar refractivity (Wildman–Crippen MR) is 63.0 cm³/mol. The van der Waals surface area contributed by atoms with E-state index >= 15 is 0 Å². The Morgan fingerprint density at radius 2 is 2.12 bits per heavy atom. The molecule has 0 N–H and O–H groups in total. The molecule has 1 aromatic rings. The van der Waals surface area contributed by atoms with Gasteiger partial charge in [-0.2, -0.15) is 0 Å². The van der Waals surface area contributed by atoms with Crippen molar-refractivity contribution in [1.29, 1.82) is 0 Å². The van der Waals surface area contributed by atoms with Crippen molar-refractivity contribution in [2.24, 2.45) is 0 Å². The van der Waals surface area contributed by atoms with Crippen molar-refractivity contribution >= 4 is 5.78 Å². The summed E-state index contributed by atoms with van der Waals surface area (Å²) in [6.07, 6.45) is 5.62. The van der Waals surface area contributed by atoms with Crippen LogP contribution >= 0.6 is 0 Å². The fraction of sp³-hybridized carbons (Fsp3) is 0.214. The molecule has 3 rings (SSSR count). The number of carbonyl (C=O) groups is 1. The van der Waals surface area contributed by atoms with Gasteiger partial charge in [0.1, 0.15) is 18.5 Å². The molecule has 0 spiro atoms. The van der Waals surface area contributed by atoms with Crippen LogP contribution < -0.4 is 4.74 Å². The summed E-state index contributed by atoms with van der Waals surface area (Å²) in [5, 5.41) is 0. The van der Waals surface area contributed by atoms with Gasteiger partial charge in [-0.05, 0) is 18.2 Å². The van der Waals surface area contributed by atoms with Gasteiger partial charge in [0.15, 0.2) is 5.78 Å². The normalized spacial score (nSPS) is 22.2. The van der Waals surface area contributed by atoms with Crippen LogP contribution in [0.2, 0.25) is 0 Å². The number of fused-ring (bicyclic) bond motifs is 1. The van der Waals surface area contributed by atoms with Gasteiger partial charge in [-0.15, -0.1) is 0 Å². The smallest absolute Gasteiger partial charge is 0.170 e. The monoisotopic (exact) mass is 228 g/mol. The van der Waals surface area contributed by atoms with E-state index in [1.54, 1.807) is 12.3 Å². The van der Waals surface area contributed by atoms with Crippen LogP contribution in [0.1, 0.15) is 16.8 Å². The van der Waals surface area contributed by atoms with Crippen molar-refractivity contribution in [2.75, 3.05) is 6.61 Å². The van der Waals surface area contributed by atoms with Crippen molar-refractivity contribution in [3.8, 4) is 5.75 Å². The molecule has 86 valence electrons. The lowest BCUT2D eigenvalue weighted by Gasteiger charge is -2.27. The van der Waals surface area contributed by atoms with E-state index in [1.165, 1.54) is 0 Å². The Bertz CT molecular complexity index is 514. The third-order valence-electron chi connectivity index (χ3n) is 2.98. The molecular weight excluding hydrogens is 216 g/mol. The van der Waals surface area contributed by atoms with Crippen molar-refractivity contribution < 1.29 is 14.3 Å². The van der Waals surface area contributed by atoms with E-state index in [1.807, 2.05) is 30.4 Å². The minimum Gasteiger partial charge on any atom is -0.497 e. The molecule has 2 aliphatic heterocycles. The molecule has 0 saturated heterocycles. The quantitative estimate of drug-likeness (QED) is 0.740. The third kappa shape index (κ3) is 1.84. The first-order chi connectivity index (χ1) is 8.34. The summed E-state index contributed by atoms with van der Waals surface area (Å²) in [6.45, 7) is 0.497. The van der Waals surface area contributed by atoms with Crippen LogP contribution in [0.5, 0.6) is 5.75 Å². The van der Waals surface area contributed by atoms with E-state index in [4.69, 9.17) is 9.47 Å². The van der Waals surface area contributed by atoms with E-state index in [-0.39, 0.29) is 11.9 Å². The Labute approximate surface area is 99.3 Å². The summed E-state index contributed by atoms with van der Waals surface area (Å²) in [4.78, 5) is 12.0. The Morgan fingerprint density at radius 3 is 2.94 bits per heavy atom. The first-order valence-electron chi connectivity index (χ1n) is 5.61. The van der Waals surface area contributed by atoms with Crippen LogP contribution in [0.25, 0.3) is 0 Å². The highest BCUT2D eigenvalue weighted by Gasteiger charge is 2.28. The summed E-state index contributed by atoms with van der Waals surface area (Å²) in [5.41, 5.74) is 1.69. The maximum absolute atomic E-state index is 12.0. The van der Waals surface area contributed by atoms with Crippen molar-refractivity contribution in [3.05, 3.63) is 53.8 Å². The molecule has 0 saturated carbocycles. The number of allylic oxidation sites excluding steroid dienone is 2. The average Bonchev–Trinajstić information content (AvgIpc) is 2.40. The molecule has 1 aromatic carbocycles. The number of rotatable bonds is 1. The van der Waals surface area contributed by atoms with E-state index in [2.05, 4.69) is 0 Å². The molecule has 0 bridgehead atoms. The second-order valence-corrected chi connectivity index (χ2v) is 4.11. The van der Waals surface area contributed by atoms with Crippen molar-refractivity contribution in [3.63, 3.8) is 0 Å². The summed E-state index contributed by atoms with van der Waals surface area (Å²) in [7, 11) is 0. The third-order valence-corrected chi connectivity index (χ3v) is 2.98. The van der Waals surface area contributed by atoms with Crippen molar-refractivity contribution in [1.82, 2.24) is 0 Å². The van der Waals surface area contributed by atoms with Gasteiger partial charge in [-0.3, -0.25) is 4.79 Å². The van der Waals surface area contributed by atoms with E-state index in [0.29, 0.717) is 24.3 Å². The highest BCUT2D eigenvalue weighted by atomic mass is 16.5. The molecule has 17 heavy (non-hydrogen) atoms. The van der Waals surface area contributed by atoms with Crippen LogP contribution in [0.15, 0.2) is 48.3 Å². The number of ether oxygens (including phenoxy) is 2. The number of Topliss-reactive ketones (excluding diaryl/α,β-unsaturated/α-hetero) is 1. The molecule has 1 atom stereocenters. The number of para-hydroxylation sites is 1. The summed E-state index contributed by atoms with van der Waals surface area (Å²) in [5.74, 6) is 0.802. The minimum atomic E-state index is -0.192. The molecule has 0 fully saturated rings. The predicted octanol–water partition coefficient (Wildman–Crippen LogP) is 2.49. The van der Waals surface area contributed by atoms with Gasteiger partial charge < -0.3 is 9.47 Å². The molecule has 0 amide bonds. The van der Waals surface area contributed by atoms with Crippen molar-refractivity contribution in [2.45, 2.75) is 12.5 Å². The molecule has 0 aromatic heterocycles. The van der Waals surface area contributed by atoms with Gasteiger partial charge in [0.2, 0.25) is 0 Å². The maximum atomic E-state index is 12.0. The Kier molecular flexibility index (Phi) is 2.44. The summed E-state index contributed by atoms with van der Waals surface area (Å²) < 4.78 is 11.1. The van der Waals surface area contributed by atoms with Gasteiger partial charge in [0, 0.05) is 5.57 Å². The molecule has 3 nitrogen and oxygen atoms in total. The molecular formula is C14H12O3. The Hall–Kier alpha value is -2.03. The zero-order chi connectivity index (χ0) is 11.7. The molecule has 1 unspecified atom stereocenters. The number of hydrogen-bond donors (Lipinski definition) is 0. The van der Waals surface area contributed by atoms with Crippen LogP contribution in [-0.2, 0) is 4.74 Å². The Morgan fingerprint density at radius 1 is 1.24 bits per heavy atom. The molecule has 3 heteroatoms. The molecule has 0 aliphatic carbocycles. The van der Waals surface area contributed by atoms with Gasteiger partial charge in [0.05, 0.1) is 18.2 Å². The SMILES string of the molecule is O=C1CC(C2=CC=COC2)Oc2ccccc21. The topological polar surface area (TPSA) is 35.5 Å². The fourth-order valence-electron chi connectivity index (χ4n) is 2.09. The lowest BCUT2D eigenvalue weighted by molar-refractivity contribution is 0.0871. The average molecular weight is 228 g/mol. The molecule has 0 radical (unpaired) electrons. The van der Waals surface area contributed by atoms with Gasteiger partial charge in [-0.1, -0.05) is 18.2 Å². The maximum Gasteiger partial charge on any atom is 0.170 e. The Balaban J connectivity index is 1.91. The standard InChI is InChI=1S/C14H12O3/c15-12-8-14(10-4-3-7-16-9-10)17-13-6-2-1-5-11(12)13/h1-7,14H,8-9H2. The number of ketones is 1. The first-order valence-corrected chi connectivity index (χ1v) is 5.61. The zero-order valence-electron chi connectivity index (χ0n) is 9.26. The van der Waals surface area contributed by atoms with E-state index in [0.717, 1.165) is 5.57 Å². The van der Waals surface area contributed by atoms with Gasteiger partial charge in [-0.25, -0.2) is 0 Å². The summed E-state index contributed by atoms with van der Waals surface area (Å²) >= 11 is 0. The largest absolute Gasteiger partial charge is 0.497 e. The number of hydrogen-bond acceptors (Lipinski definition) is 3. The van der Waals surface area contributed by atoms with E-state index in [9.17, 15) is 4.79 Å². The fourth-order valence-corrected chi connectivity index (χ4v) is 2.09. The summed E-state index contributed by atoms with van der Waals surface area (Å²) in [6, 6.07) is 7.37. The van der Waals surface area contributed by atoms with Crippen LogP contribution in [0, 0.1) is 0 Å². The zero-order valence-corrected chi connectivity index (χ0v) is 9.26. The molecule has 2 heterocycles. The van der Waals surface area contributed by atoms with Crippen LogP contribution in [-0.4, -0.2) is 18.5 Å². The second kappa shape index (κ2) is 4.09. The number of benzene rings is 1. The number of carbonyl (C=O) groups excluding carboxylic acids is 1. The molecule has 2 aliphatic rings. The first kappa shape index (κ1) is 10.1. The highest BCUT2D eigenvalue weighted by molar-refractivity contribution is 6.00. The lowest BCUT2D eigenvalue weighted by atomic mass is 9.96. The minimum absolute atomic E-state index is 0.132. The van der Waals surface area contributed by atoms with Gasteiger partial charge in [0.25, 0.3) is 0 Å². The second-order valence-electron chi connectivity index (χ2n) is 4.11.